The molecule has 1 fully saturated rings. The zero-order valence-corrected chi connectivity index (χ0v) is 15.5. The third-order valence-electron chi connectivity index (χ3n) is 4.60. The summed E-state index contributed by atoms with van der Waals surface area (Å²) in [7, 11) is 0. The molecule has 1 saturated heterocycles. The van der Waals surface area contributed by atoms with Crippen LogP contribution in [-0.4, -0.2) is 43.1 Å². The van der Waals surface area contributed by atoms with E-state index in [1.165, 1.54) is 0 Å². The molecule has 1 aliphatic heterocycles. The number of amides is 1. The molecule has 2 aromatic rings. The van der Waals surface area contributed by atoms with E-state index >= 15 is 0 Å². The van der Waals surface area contributed by atoms with Gasteiger partial charge in [0, 0.05) is 41.3 Å². The molecular weight excluding hydrogens is 354 g/mol. The van der Waals surface area contributed by atoms with Gasteiger partial charge in [-0.1, -0.05) is 11.6 Å². The van der Waals surface area contributed by atoms with E-state index in [1.807, 2.05) is 24.3 Å². The molecule has 2 heterocycles. The number of carbonyl (C=O) groups is 2. The maximum atomic E-state index is 12.2. The third kappa shape index (κ3) is 4.25. The van der Waals surface area contributed by atoms with E-state index in [-0.39, 0.29) is 18.4 Å². The average molecular weight is 376 g/mol. The highest BCUT2D eigenvalue weighted by Crippen LogP contribution is 2.30. The molecule has 0 saturated carbocycles. The largest absolute Gasteiger partial charge is 0.465 e. The Morgan fingerprint density at radius 3 is 2.81 bits per heavy atom. The van der Waals surface area contributed by atoms with E-state index in [2.05, 4.69) is 15.2 Å². The minimum atomic E-state index is -0.403. The minimum absolute atomic E-state index is 0.0668. The van der Waals surface area contributed by atoms with Crippen molar-refractivity contribution in [1.82, 2.24) is 10.3 Å². The Labute approximate surface area is 157 Å². The van der Waals surface area contributed by atoms with Gasteiger partial charge in [0.25, 0.3) is 0 Å². The molecule has 6 nitrogen and oxygen atoms in total. The van der Waals surface area contributed by atoms with E-state index in [1.54, 1.807) is 13.1 Å². The Hall–Kier alpha value is -2.34. The smallest absolute Gasteiger partial charge is 0.325 e. The number of esters is 1. The number of rotatable bonds is 5. The molecule has 1 aliphatic rings. The van der Waals surface area contributed by atoms with Crippen LogP contribution in [0.2, 0.25) is 5.02 Å². The minimum Gasteiger partial charge on any atom is -0.465 e. The van der Waals surface area contributed by atoms with Gasteiger partial charge >= 0.3 is 5.97 Å². The number of ether oxygens (including phenoxy) is 1. The van der Waals surface area contributed by atoms with Gasteiger partial charge in [-0.15, -0.1) is 0 Å². The fourth-order valence-corrected chi connectivity index (χ4v) is 3.45. The van der Waals surface area contributed by atoms with Crippen LogP contribution in [0.1, 0.15) is 19.8 Å². The highest BCUT2D eigenvalue weighted by Gasteiger charge is 2.26. The van der Waals surface area contributed by atoms with Crippen molar-refractivity contribution in [1.29, 1.82) is 0 Å². The second-order valence-corrected chi connectivity index (χ2v) is 6.71. The quantitative estimate of drug-likeness (QED) is 0.813. The first-order valence-corrected chi connectivity index (χ1v) is 9.19. The maximum Gasteiger partial charge on any atom is 0.325 e. The van der Waals surface area contributed by atoms with Gasteiger partial charge in [0.1, 0.15) is 6.54 Å². The van der Waals surface area contributed by atoms with Crippen molar-refractivity contribution in [2.24, 2.45) is 5.92 Å². The molecule has 0 atom stereocenters. The molecule has 1 amide bonds. The van der Waals surface area contributed by atoms with Gasteiger partial charge in [-0.25, -0.2) is 0 Å². The number of nitrogens with one attached hydrogen (secondary N) is 1. The number of pyridine rings is 1. The first kappa shape index (κ1) is 18.5. The zero-order valence-electron chi connectivity index (χ0n) is 14.7. The predicted molar refractivity (Wildman–Crippen MR) is 101 cm³/mol. The van der Waals surface area contributed by atoms with Crippen molar-refractivity contribution >= 4 is 40.1 Å². The van der Waals surface area contributed by atoms with Crippen LogP contribution in [0.5, 0.6) is 0 Å². The summed E-state index contributed by atoms with van der Waals surface area (Å²) in [5.41, 5.74) is 1.97. The lowest BCUT2D eigenvalue weighted by Crippen LogP contribution is -2.42. The molecule has 0 radical (unpaired) electrons. The molecule has 3 rings (SSSR count). The molecule has 1 aromatic carbocycles. The summed E-state index contributed by atoms with van der Waals surface area (Å²) in [6, 6.07) is 7.70. The number of benzene rings is 1. The second kappa shape index (κ2) is 8.36. The van der Waals surface area contributed by atoms with E-state index in [4.69, 9.17) is 16.3 Å². The van der Waals surface area contributed by atoms with Crippen molar-refractivity contribution in [3.8, 4) is 0 Å². The Kier molecular flexibility index (Phi) is 5.93. The molecule has 0 unspecified atom stereocenters. The van der Waals surface area contributed by atoms with E-state index in [0.29, 0.717) is 11.6 Å². The van der Waals surface area contributed by atoms with Gasteiger partial charge < -0.3 is 15.0 Å². The van der Waals surface area contributed by atoms with E-state index < -0.39 is 5.97 Å². The van der Waals surface area contributed by atoms with Crippen LogP contribution in [0.3, 0.4) is 0 Å². The lowest BCUT2D eigenvalue weighted by atomic mass is 9.95. The molecular formula is C19H22ClN3O3. The summed E-state index contributed by atoms with van der Waals surface area (Å²) in [6.45, 7) is 3.55. The molecule has 1 aromatic heterocycles. The highest BCUT2D eigenvalue weighted by molar-refractivity contribution is 6.31. The second-order valence-electron chi connectivity index (χ2n) is 6.28. The van der Waals surface area contributed by atoms with Gasteiger partial charge in [-0.2, -0.15) is 0 Å². The molecule has 138 valence electrons. The number of hydrogen-bond acceptors (Lipinski definition) is 5. The summed E-state index contributed by atoms with van der Waals surface area (Å²) >= 11 is 6.05. The molecule has 0 bridgehead atoms. The molecule has 0 spiro atoms. The molecule has 0 aliphatic carbocycles. The topological polar surface area (TPSA) is 71.5 Å². The van der Waals surface area contributed by atoms with E-state index in [0.717, 1.165) is 42.5 Å². The normalized spacial score (nSPS) is 15.1. The Morgan fingerprint density at radius 1 is 1.31 bits per heavy atom. The number of aromatic nitrogens is 1. The van der Waals surface area contributed by atoms with Crippen molar-refractivity contribution in [2.45, 2.75) is 19.8 Å². The molecule has 1 N–H and O–H groups in total. The number of halogens is 1. The van der Waals surface area contributed by atoms with Crippen LogP contribution in [0.4, 0.5) is 5.69 Å². The van der Waals surface area contributed by atoms with Gasteiger partial charge in [0.15, 0.2) is 0 Å². The summed E-state index contributed by atoms with van der Waals surface area (Å²) < 4.78 is 4.83. The Balaban J connectivity index is 1.60. The highest BCUT2D eigenvalue weighted by atomic mass is 35.5. The molecule has 7 heteroatoms. The lowest BCUT2D eigenvalue weighted by Gasteiger charge is -2.33. The number of piperidine rings is 1. The number of nitrogens with zero attached hydrogens (tertiary/aromatic N) is 2. The number of anilines is 1. The van der Waals surface area contributed by atoms with Gasteiger partial charge in [-0.3, -0.25) is 14.6 Å². The number of carbonyl (C=O) groups excluding carboxylic acids is 2. The lowest BCUT2D eigenvalue weighted by molar-refractivity contribution is -0.143. The number of hydrogen-bond donors (Lipinski definition) is 1. The van der Waals surface area contributed by atoms with Crippen LogP contribution in [0, 0.1) is 5.92 Å². The van der Waals surface area contributed by atoms with Crippen molar-refractivity contribution in [3.63, 3.8) is 0 Å². The van der Waals surface area contributed by atoms with Crippen molar-refractivity contribution in [2.75, 3.05) is 31.1 Å². The summed E-state index contributed by atoms with van der Waals surface area (Å²) in [4.78, 5) is 30.2. The predicted octanol–water partition coefficient (Wildman–Crippen LogP) is 2.78. The monoisotopic (exact) mass is 375 g/mol. The summed E-state index contributed by atoms with van der Waals surface area (Å²) in [6.07, 6.45) is 3.27. The Bertz CT molecular complexity index is 804. The van der Waals surface area contributed by atoms with Crippen LogP contribution in [0.15, 0.2) is 30.5 Å². The van der Waals surface area contributed by atoms with Crippen molar-refractivity contribution < 1.29 is 14.3 Å². The van der Waals surface area contributed by atoms with Gasteiger partial charge in [-0.05, 0) is 44.0 Å². The zero-order chi connectivity index (χ0) is 18.5. The number of fused-ring (bicyclic) bond motifs is 1. The maximum absolute atomic E-state index is 12.2. The van der Waals surface area contributed by atoms with Crippen molar-refractivity contribution in [3.05, 3.63) is 35.5 Å². The third-order valence-corrected chi connectivity index (χ3v) is 4.84. The molecule has 26 heavy (non-hydrogen) atoms. The van der Waals surface area contributed by atoms with Crippen LogP contribution >= 0.6 is 11.6 Å². The summed E-state index contributed by atoms with van der Waals surface area (Å²) in [5, 5.41) is 4.39. The fourth-order valence-electron chi connectivity index (χ4n) is 3.28. The fraction of sp³-hybridized carbons (Fsp3) is 0.421. The summed E-state index contributed by atoms with van der Waals surface area (Å²) in [5.74, 6) is -0.563. The van der Waals surface area contributed by atoms with Crippen LogP contribution < -0.4 is 10.2 Å². The Morgan fingerprint density at radius 2 is 2.08 bits per heavy atom. The average Bonchev–Trinajstić information content (AvgIpc) is 2.66. The van der Waals surface area contributed by atoms with Gasteiger partial charge in [0.05, 0.1) is 12.1 Å². The SMILES string of the molecule is CCOC(=O)CNC(=O)C1CCN(c2ccnc3cc(Cl)ccc23)CC1. The first-order valence-electron chi connectivity index (χ1n) is 8.81. The van der Waals surface area contributed by atoms with Crippen LogP contribution in [0.25, 0.3) is 10.9 Å². The van der Waals surface area contributed by atoms with Crippen LogP contribution in [-0.2, 0) is 14.3 Å². The van der Waals surface area contributed by atoms with Gasteiger partial charge in [0.2, 0.25) is 5.91 Å². The first-order chi connectivity index (χ1) is 12.6. The standard InChI is InChI=1S/C19H22ClN3O3/c1-2-26-18(24)12-22-19(25)13-6-9-23(10-7-13)17-5-8-21-16-11-14(20)3-4-15(16)17/h3-5,8,11,13H,2,6-7,9-10,12H2,1H3,(H,22,25). The van der Waals surface area contributed by atoms with E-state index in [9.17, 15) is 9.59 Å².